The summed E-state index contributed by atoms with van der Waals surface area (Å²) in [6, 6.07) is 0. The molecule has 4 heteroatoms. The van der Waals surface area contributed by atoms with Crippen molar-refractivity contribution < 1.29 is 14.6 Å². The maximum atomic E-state index is 10.2. The van der Waals surface area contributed by atoms with Gasteiger partial charge in [0, 0.05) is 6.61 Å². The molecule has 3 nitrogen and oxygen atoms in total. The molecule has 0 fully saturated rings. The summed E-state index contributed by atoms with van der Waals surface area (Å²) in [5, 5.41) is 8.47. The zero-order chi connectivity index (χ0) is 9.23. The van der Waals surface area contributed by atoms with Gasteiger partial charge in [-0.25, -0.2) is 0 Å². The number of aliphatic hydroxyl groups is 1. The Morgan fingerprint density at radius 2 is 1.42 bits per heavy atom. The summed E-state index contributed by atoms with van der Waals surface area (Å²) in [7, 11) is -1.92. The summed E-state index contributed by atoms with van der Waals surface area (Å²) in [4.78, 5) is 8.47. The van der Waals surface area contributed by atoms with Gasteiger partial charge in [-0.05, 0) is 23.8 Å². The molecule has 0 bridgehead atoms. The van der Waals surface area contributed by atoms with Crippen LogP contribution in [0.1, 0.15) is 38.5 Å². The van der Waals surface area contributed by atoms with E-state index in [0.29, 0.717) is 6.16 Å². The molecule has 2 N–H and O–H groups in total. The maximum absolute atomic E-state index is 10.2. The Morgan fingerprint density at radius 3 is 1.92 bits per heavy atom. The molecule has 0 saturated carbocycles. The molecular weight excluding hydrogens is 175 g/mol. The first-order valence-corrected chi connectivity index (χ1v) is 5.91. The summed E-state index contributed by atoms with van der Waals surface area (Å²) in [5.41, 5.74) is 0. The Balaban J connectivity index is 2.86. The van der Waals surface area contributed by atoms with Crippen LogP contribution in [0.15, 0.2) is 0 Å². The van der Waals surface area contributed by atoms with Crippen molar-refractivity contribution in [2.24, 2.45) is 0 Å². The van der Waals surface area contributed by atoms with Crippen molar-refractivity contribution >= 4 is 8.03 Å². The fraction of sp³-hybridized carbons (Fsp3) is 1.00. The van der Waals surface area contributed by atoms with Gasteiger partial charge in [0.05, 0.1) is 0 Å². The highest BCUT2D eigenvalue weighted by Gasteiger charge is 2.07. The summed E-state index contributed by atoms with van der Waals surface area (Å²) in [6.45, 7) is 0.280. The number of aliphatic hydroxyl groups excluding tert-OH is 1. The Hall–Kier alpha value is 0.0200. The molecule has 0 amide bonds. The number of rotatable bonds is 8. The highest BCUT2D eigenvalue weighted by atomic mass is 31.1. The molecule has 0 aromatic rings. The lowest BCUT2D eigenvalue weighted by molar-refractivity contribution is 0.282. The largest absolute Gasteiger partial charge is 0.505 e. The normalized spacial score (nSPS) is 11.7. The second-order valence-corrected chi connectivity index (χ2v) is 4.07. The number of hydrogen-bond donors (Lipinski definition) is 2. The quantitative estimate of drug-likeness (QED) is 0.458. The van der Waals surface area contributed by atoms with Gasteiger partial charge < -0.3 is 5.11 Å². The van der Waals surface area contributed by atoms with Gasteiger partial charge in [-0.1, -0.05) is 19.3 Å². The standard InChI is InChI=1S/C8H17O3P/c9-7-5-3-1-2-4-6-8-12(10)11/h9H,1-8H2/p+1. The average Bonchev–Trinajstić information content (AvgIpc) is 2.02. The Bertz CT molecular complexity index is 117. The van der Waals surface area contributed by atoms with Gasteiger partial charge in [0.1, 0.15) is 0 Å². The predicted molar refractivity (Wildman–Crippen MR) is 49.5 cm³/mol. The molecule has 0 heterocycles. The van der Waals surface area contributed by atoms with Gasteiger partial charge in [0.25, 0.3) is 0 Å². The summed E-state index contributed by atoms with van der Waals surface area (Å²) < 4.78 is 10.2. The predicted octanol–water partition coefficient (Wildman–Crippen LogP) is 2.05. The van der Waals surface area contributed by atoms with E-state index in [-0.39, 0.29) is 6.61 Å². The van der Waals surface area contributed by atoms with E-state index in [1.165, 1.54) is 0 Å². The summed E-state index contributed by atoms with van der Waals surface area (Å²) in [6.07, 6.45) is 6.52. The Morgan fingerprint density at radius 1 is 0.917 bits per heavy atom. The average molecular weight is 193 g/mol. The lowest BCUT2D eigenvalue weighted by atomic mass is 10.1. The van der Waals surface area contributed by atoms with E-state index < -0.39 is 8.03 Å². The monoisotopic (exact) mass is 193 g/mol. The van der Waals surface area contributed by atoms with Crippen molar-refractivity contribution in [3.8, 4) is 0 Å². The van der Waals surface area contributed by atoms with Crippen LogP contribution in [-0.2, 0) is 4.57 Å². The molecule has 1 atom stereocenters. The van der Waals surface area contributed by atoms with Gasteiger partial charge >= 0.3 is 8.03 Å². The van der Waals surface area contributed by atoms with Crippen LogP contribution in [0.4, 0.5) is 0 Å². The van der Waals surface area contributed by atoms with Gasteiger partial charge in [-0.15, -0.1) is 0 Å². The second kappa shape index (κ2) is 9.11. The van der Waals surface area contributed by atoms with Crippen molar-refractivity contribution in [2.75, 3.05) is 12.8 Å². The molecule has 0 aliphatic heterocycles. The molecule has 0 saturated heterocycles. The Kier molecular flexibility index (Phi) is 9.13. The summed E-state index contributed by atoms with van der Waals surface area (Å²) in [5.74, 6) is 0. The molecule has 0 rings (SSSR count). The van der Waals surface area contributed by atoms with Crippen molar-refractivity contribution in [3.05, 3.63) is 0 Å². The lowest BCUT2D eigenvalue weighted by Crippen LogP contribution is -1.84. The van der Waals surface area contributed by atoms with Crippen molar-refractivity contribution in [1.82, 2.24) is 0 Å². The highest BCUT2D eigenvalue weighted by Crippen LogP contribution is 2.16. The molecule has 72 valence electrons. The molecule has 1 unspecified atom stereocenters. The third-order valence-electron chi connectivity index (χ3n) is 1.76. The number of hydrogen-bond acceptors (Lipinski definition) is 2. The van der Waals surface area contributed by atoms with Crippen LogP contribution in [-0.4, -0.2) is 22.8 Å². The molecule has 0 aromatic carbocycles. The lowest BCUT2D eigenvalue weighted by Gasteiger charge is -1.96. The molecule has 0 aromatic heterocycles. The first-order chi connectivity index (χ1) is 5.77. The minimum atomic E-state index is -1.92. The van der Waals surface area contributed by atoms with Crippen LogP contribution in [0.2, 0.25) is 0 Å². The molecule has 0 spiro atoms. The van der Waals surface area contributed by atoms with Crippen LogP contribution in [0.3, 0.4) is 0 Å². The highest BCUT2D eigenvalue weighted by molar-refractivity contribution is 7.37. The minimum absolute atomic E-state index is 0.280. The van der Waals surface area contributed by atoms with Crippen LogP contribution in [0.5, 0.6) is 0 Å². The maximum Gasteiger partial charge on any atom is 0.505 e. The smallest absolute Gasteiger partial charge is 0.396 e. The fourth-order valence-electron chi connectivity index (χ4n) is 1.07. The Labute approximate surface area is 74.7 Å². The minimum Gasteiger partial charge on any atom is -0.396 e. The zero-order valence-electron chi connectivity index (χ0n) is 7.41. The summed E-state index contributed by atoms with van der Waals surface area (Å²) >= 11 is 0. The van der Waals surface area contributed by atoms with Crippen LogP contribution in [0.25, 0.3) is 0 Å². The molecule has 0 radical (unpaired) electrons. The third kappa shape index (κ3) is 10.0. The number of unbranched alkanes of at least 4 members (excludes halogenated alkanes) is 5. The van der Waals surface area contributed by atoms with Gasteiger partial charge in [-0.3, -0.25) is 0 Å². The third-order valence-corrected chi connectivity index (χ3v) is 2.46. The van der Waals surface area contributed by atoms with Gasteiger partial charge in [0.2, 0.25) is 0 Å². The molecule has 0 aliphatic carbocycles. The van der Waals surface area contributed by atoms with E-state index in [9.17, 15) is 4.57 Å². The van der Waals surface area contributed by atoms with E-state index in [4.69, 9.17) is 10.00 Å². The fourth-order valence-corrected chi connectivity index (χ4v) is 1.56. The second-order valence-electron chi connectivity index (χ2n) is 2.92. The van der Waals surface area contributed by atoms with Gasteiger partial charge in [0.15, 0.2) is 6.16 Å². The molecule has 12 heavy (non-hydrogen) atoms. The first kappa shape index (κ1) is 12.0. The SMILES string of the molecule is O=[P+](O)CCCCCCCCO. The van der Waals surface area contributed by atoms with Crippen molar-refractivity contribution in [3.63, 3.8) is 0 Å². The van der Waals surface area contributed by atoms with Crippen LogP contribution >= 0.6 is 8.03 Å². The van der Waals surface area contributed by atoms with E-state index in [1.54, 1.807) is 0 Å². The zero-order valence-corrected chi connectivity index (χ0v) is 8.30. The molecular formula is C8H18O3P+. The van der Waals surface area contributed by atoms with Crippen molar-refractivity contribution in [2.45, 2.75) is 38.5 Å². The van der Waals surface area contributed by atoms with Crippen molar-refractivity contribution in [1.29, 1.82) is 0 Å². The van der Waals surface area contributed by atoms with Gasteiger partial charge in [-0.2, -0.15) is 4.89 Å². The topological polar surface area (TPSA) is 57.5 Å². The van der Waals surface area contributed by atoms with Crippen LogP contribution < -0.4 is 0 Å². The van der Waals surface area contributed by atoms with E-state index in [2.05, 4.69) is 0 Å². The van der Waals surface area contributed by atoms with Crippen LogP contribution in [0, 0.1) is 0 Å². The van der Waals surface area contributed by atoms with E-state index in [0.717, 1.165) is 38.5 Å². The first-order valence-electron chi connectivity index (χ1n) is 4.52. The van der Waals surface area contributed by atoms with E-state index >= 15 is 0 Å². The molecule has 0 aliphatic rings. The van der Waals surface area contributed by atoms with E-state index in [1.807, 2.05) is 0 Å².